The Morgan fingerprint density at radius 3 is 2.45 bits per heavy atom. The Hall–Kier alpha value is -2.40. The molecule has 0 unspecified atom stereocenters. The maximum absolute atomic E-state index is 10.9. The molecular formula is C15H12N2O2S. The molecule has 2 aromatic carbocycles. The van der Waals surface area contributed by atoms with Gasteiger partial charge in [-0.2, -0.15) is 0 Å². The highest BCUT2D eigenvalue weighted by Crippen LogP contribution is 2.27. The summed E-state index contributed by atoms with van der Waals surface area (Å²) in [7, 11) is -2.70. The predicted octanol–water partition coefficient (Wildman–Crippen LogP) is 2.84. The number of hydrogen-bond acceptors (Lipinski definition) is 3. The van der Waals surface area contributed by atoms with Crippen LogP contribution < -0.4 is 4.72 Å². The van der Waals surface area contributed by atoms with Crippen molar-refractivity contribution in [3.8, 4) is 11.3 Å². The first kappa shape index (κ1) is 12.6. The minimum absolute atomic E-state index is 0.534. The molecule has 20 heavy (non-hydrogen) atoms. The fraction of sp³-hybridized carbons (Fsp3) is 0. The van der Waals surface area contributed by atoms with Gasteiger partial charge in [0.15, 0.2) is 0 Å². The van der Waals surface area contributed by atoms with E-state index < -0.39 is 10.9 Å². The van der Waals surface area contributed by atoms with E-state index in [1.807, 2.05) is 48.5 Å². The zero-order valence-electron chi connectivity index (χ0n) is 10.5. The van der Waals surface area contributed by atoms with E-state index in [0.717, 1.165) is 22.2 Å². The van der Waals surface area contributed by atoms with Crippen LogP contribution in [-0.2, 0) is 10.9 Å². The largest absolute Gasteiger partial charge is 0.285 e. The van der Waals surface area contributed by atoms with Crippen molar-refractivity contribution in [3.05, 3.63) is 60.7 Å². The molecule has 0 radical (unpaired) electrons. The van der Waals surface area contributed by atoms with Gasteiger partial charge >= 0.3 is 0 Å². The summed E-state index contributed by atoms with van der Waals surface area (Å²) in [5.41, 5.74) is 2.92. The molecule has 3 aromatic rings. The minimum atomic E-state index is -2.70. The number of rotatable bonds is 3. The van der Waals surface area contributed by atoms with Crippen LogP contribution in [0.5, 0.6) is 0 Å². The van der Waals surface area contributed by atoms with E-state index in [1.165, 1.54) is 0 Å². The van der Waals surface area contributed by atoms with E-state index >= 15 is 0 Å². The van der Waals surface area contributed by atoms with E-state index in [0.29, 0.717) is 5.69 Å². The molecule has 0 amide bonds. The number of para-hydroxylation sites is 2. The van der Waals surface area contributed by atoms with Gasteiger partial charge in [0.25, 0.3) is 0 Å². The third-order valence-electron chi connectivity index (χ3n) is 3.01. The Kier molecular flexibility index (Phi) is 3.35. The molecule has 4 nitrogen and oxygen atoms in total. The van der Waals surface area contributed by atoms with Crippen molar-refractivity contribution in [2.75, 3.05) is 4.72 Å². The van der Waals surface area contributed by atoms with Gasteiger partial charge < -0.3 is 0 Å². The molecule has 1 heterocycles. The lowest BCUT2D eigenvalue weighted by Gasteiger charge is -2.08. The maximum Gasteiger partial charge on any atom is 0.222 e. The smallest absolute Gasteiger partial charge is 0.222 e. The summed E-state index contributed by atoms with van der Waals surface area (Å²) >= 11 is 0. The third-order valence-corrected chi connectivity index (χ3v) is 3.44. The van der Waals surface area contributed by atoms with Crippen LogP contribution in [0.3, 0.4) is 0 Å². The number of anilines is 1. The summed E-state index contributed by atoms with van der Waals surface area (Å²) in [5.74, 6) is 0. The molecule has 0 aliphatic carbocycles. The van der Waals surface area contributed by atoms with Gasteiger partial charge in [0.2, 0.25) is 10.9 Å². The van der Waals surface area contributed by atoms with E-state index in [1.54, 1.807) is 12.1 Å². The number of nitrogens with zero attached hydrogens (tertiary/aromatic N) is 1. The second-order valence-electron chi connectivity index (χ2n) is 4.30. The van der Waals surface area contributed by atoms with Gasteiger partial charge in [-0.1, -0.05) is 42.5 Å². The number of hydrogen-bond donors (Lipinski definition) is 2. The quantitative estimate of drug-likeness (QED) is 0.727. The van der Waals surface area contributed by atoms with E-state index in [-0.39, 0.29) is 0 Å². The molecule has 5 heteroatoms. The van der Waals surface area contributed by atoms with Gasteiger partial charge in [0.05, 0.1) is 16.9 Å². The molecule has 0 aliphatic heterocycles. The second-order valence-corrected chi connectivity index (χ2v) is 5.04. The van der Waals surface area contributed by atoms with Crippen molar-refractivity contribution < 1.29 is 8.42 Å². The lowest BCUT2D eigenvalue weighted by Crippen LogP contribution is -1.97. The molecule has 0 atom stereocenters. The first-order chi connectivity index (χ1) is 9.74. The predicted molar refractivity (Wildman–Crippen MR) is 81.1 cm³/mol. The Morgan fingerprint density at radius 2 is 1.60 bits per heavy atom. The van der Waals surface area contributed by atoms with Gasteiger partial charge in [0, 0.05) is 10.9 Å². The highest BCUT2D eigenvalue weighted by atomic mass is 32.2. The van der Waals surface area contributed by atoms with Gasteiger partial charge in [-0.3, -0.25) is 4.72 Å². The van der Waals surface area contributed by atoms with Crippen LogP contribution in [0.4, 0.5) is 5.69 Å². The lowest BCUT2D eigenvalue weighted by atomic mass is 10.1. The van der Waals surface area contributed by atoms with Crippen molar-refractivity contribution in [1.29, 1.82) is 0 Å². The fourth-order valence-corrected chi connectivity index (χ4v) is 2.51. The monoisotopic (exact) mass is 284 g/mol. The van der Waals surface area contributed by atoms with Crippen LogP contribution in [0.1, 0.15) is 0 Å². The molecule has 0 saturated carbocycles. The highest BCUT2D eigenvalue weighted by Gasteiger charge is 2.06. The topological polar surface area (TPSA) is 59.1 Å². The van der Waals surface area contributed by atoms with Crippen LogP contribution in [0.25, 0.3) is 22.2 Å². The first-order valence-corrected chi connectivity index (χ1v) is 7.28. The summed E-state index contributed by atoms with van der Waals surface area (Å²) in [6, 6.07) is 18.9. The Balaban J connectivity index is 2.15. The summed E-state index contributed by atoms with van der Waals surface area (Å²) < 4.78 is 24.2. The van der Waals surface area contributed by atoms with Gasteiger partial charge in [-0.05, 0) is 18.2 Å². The fourth-order valence-electron chi connectivity index (χ4n) is 2.12. The highest BCUT2D eigenvalue weighted by molar-refractivity contribution is 7.73. The molecule has 0 bridgehead atoms. The molecule has 1 aromatic heterocycles. The SMILES string of the molecule is O=[SH](=O)Nc1ccccc1-c1ccc2ccccc2n1. The summed E-state index contributed by atoms with van der Waals surface area (Å²) in [5, 5.41) is 1.05. The summed E-state index contributed by atoms with van der Waals surface area (Å²) in [4.78, 5) is 4.58. The number of nitrogens with one attached hydrogen (secondary N) is 1. The van der Waals surface area contributed by atoms with E-state index in [4.69, 9.17) is 0 Å². The Bertz CT molecular complexity index is 836. The van der Waals surface area contributed by atoms with Crippen molar-refractivity contribution in [2.45, 2.75) is 0 Å². The third kappa shape index (κ3) is 2.48. The summed E-state index contributed by atoms with van der Waals surface area (Å²) in [6.07, 6.45) is 0. The zero-order valence-corrected chi connectivity index (χ0v) is 11.4. The van der Waals surface area contributed by atoms with Crippen LogP contribution in [0, 0.1) is 0 Å². The zero-order chi connectivity index (χ0) is 13.9. The maximum atomic E-state index is 10.9. The van der Waals surface area contributed by atoms with Crippen LogP contribution in [0.2, 0.25) is 0 Å². The normalized spacial score (nSPS) is 10.8. The number of fused-ring (bicyclic) bond motifs is 1. The molecule has 0 saturated heterocycles. The number of aromatic nitrogens is 1. The number of thiol groups is 1. The van der Waals surface area contributed by atoms with Gasteiger partial charge in [-0.25, -0.2) is 13.4 Å². The van der Waals surface area contributed by atoms with Gasteiger partial charge in [0.1, 0.15) is 0 Å². The lowest BCUT2D eigenvalue weighted by molar-refractivity contribution is 0.619. The first-order valence-electron chi connectivity index (χ1n) is 6.10. The Morgan fingerprint density at radius 1 is 0.850 bits per heavy atom. The minimum Gasteiger partial charge on any atom is -0.285 e. The van der Waals surface area contributed by atoms with Crippen molar-refractivity contribution in [3.63, 3.8) is 0 Å². The molecule has 100 valence electrons. The average Bonchev–Trinajstić information content (AvgIpc) is 2.47. The van der Waals surface area contributed by atoms with Crippen LogP contribution in [0.15, 0.2) is 60.7 Å². The van der Waals surface area contributed by atoms with Crippen molar-refractivity contribution in [1.82, 2.24) is 4.98 Å². The molecule has 3 rings (SSSR count). The number of pyridine rings is 1. The summed E-state index contributed by atoms with van der Waals surface area (Å²) in [6.45, 7) is 0. The molecule has 0 fully saturated rings. The number of benzene rings is 2. The van der Waals surface area contributed by atoms with E-state index in [2.05, 4.69) is 9.71 Å². The molecule has 0 spiro atoms. The van der Waals surface area contributed by atoms with Crippen LogP contribution in [-0.4, -0.2) is 13.4 Å². The molecule has 0 aliphatic rings. The Labute approximate surface area is 118 Å². The van der Waals surface area contributed by atoms with Crippen molar-refractivity contribution in [2.24, 2.45) is 0 Å². The average molecular weight is 284 g/mol. The second kappa shape index (κ2) is 5.30. The molecule has 1 N–H and O–H groups in total. The van der Waals surface area contributed by atoms with E-state index in [9.17, 15) is 8.42 Å². The standard InChI is InChI=1S/C15H12N2O2S/c18-20(19)17-15-8-4-2-6-12(15)14-10-9-11-5-1-3-7-13(11)16-14/h1-10,20H,(H,17,18,19). The van der Waals surface area contributed by atoms with Crippen LogP contribution >= 0.6 is 0 Å². The molecular weight excluding hydrogens is 272 g/mol. The van der Waals surface area contributed by atoms with Crippen molar-refractivity contribution >= 4 is 27.5 Å². The van der Waals surface area contributed by atoms with Gasteiger partial charge in [-0.15, -0.1) is 0 Å².